The van der Waals surface area contributed by atoms with E-state index in [0.29, 0.717) is 10.0 Å². The molecule has 1 aromatic carbocycles. The number of morpholine rings is 1. The van der Waals surface area contributed by atoms with Crippen LogP contribution >= 0.6 is 23.2 Å². The number of hydrogen-bond acceptors (Lipinski definition) is 3. The van der Waals surface area contributed by atoms with Gasteiger partial charge in [0.25, 0.3) is 0 Å². The summed E-state index contributed by atoms with van der Waals surface area (Å²) in [5.41, 5.74) is 0.850. The molecule has 1 aromatic rings. The molecule has 0 radical (unpaired) electrons. The van der Waals surface area contributed by atoms with E-state index in [1.807, 2.05) is 12.1 Å². The Hall–Kier alpha value is -0.480. The lowest BCUT2D eigenvalue weighted by molar-refractivity contribution is 0.0372. The molecular weight excluding hydrogens is 247 g/mol. The molecule has 16 heavy (non-hydrogen) atoms. The Labute approximate surface area is 105 Å². The molecule has 0 aliphatic carbocycles. The van der Waals surface area contributed by atoms with E-state index >= 15 is 0 Å². The predicted molar refractivity (Wildman–Crippen MR) is 67.6 cm³/mol. The largest absolute Gasteiger partial charge is 0.381 e. The number of benzene rings is 1. The topological polar surface area (TPSA) is 33.3 Å². The van der Waals surface area contributed by atoms with Crippen LogP contribution in [0.5, 0.6) is 0 Å². The lowest BCUT2D eigenvalue weighted by atomic mass is 10.2. The minimum Gasteiger partial charge on any atom is -0.381 e. The van der Waals surface area contributed by atoms with E-state index in [1.165, 1.54) is 0 Å². The Kier molecular flexibility index (Phi) is 4.29. The SMILES string of the molecule is Clc1cccc(NCC2CNCCO2)c1Cl. The van der Waals surface area contributed by atoms with Crippen molar-refractivity contribution in [2.45, 2.75) is 6.10 Å². The molecule has 2 N–H and O–H groups in total. The van der Waals surface area contributed by atoms with Gasteiger partial charge in [0.05, 0.1) is 28.4 Å². The number of nitrogens with one attached hydrogen (secondary N) is 2. The maximum atomic E-state index is 6.06. The number of anilines is 1. The van der Waals surface area contributed by atoms with Gasteiger partial charge in [-0.15, -0.1) is 0 Å². The van der Waals surface area contributed by atoms with Crippen molar-refractivity contribution in [2.24, 2.45) is 0 Å². The van der Waals surface area contributed by atoms with Crippen molar-refractivity contribution in [3.05, 3.63) is 28.2 Å². The first kappa shape index (κ1) is 12.0. The molecule has 1 heterocycles. The highest BCUT2D eigenvalue weighted by Crippen LogP contribution is 2.29. The quantitative estimate of drug-likeness (QED) is 0.876. The number of hydrogen-bond donors (Lipinski definition) is 2. The summed E-state index contributed by atoms with van der Waals surface area (Å²) >= 11 is 12.0. The van der Waals surface area contributed by atoms with Gasteiger partial charge < -0.3 is 15.4 Å². The smallest absolute Gasteiger partial charge is 0.0872 e. The predicted octanol–water partition coefficient (Wildman–Crippen LogP) is 2.39. The summed E-state index contributed by atoms with van der Waals surface area (Å²) in [5, 5.41) is 7.64. The molecule has 0 spiro atoms. The monoisotopic (exact) mass is 260 g/mol. The van der Waals surface area contributed by atoms with E-state index in [-0.39, 0.29) is 6.10 Å². The van der Waals surface area contributed by atoms with Crippen molar-refractivity contribution in [1.29, 1.82) is 0 Å². The van der Waals surface area contributed by atoms with Crippen molar-refractivity contribution in [3.63, 3.8) is 0 Å². The van der Waals surface area contributed by atoms with Crippen LogP contribution in [0, 0.1) is 0 Å². The molecule has 1 unspecified atom stereocenters. The fourth-order valence-electron chi connectivity index (χ4n) is 1.61. The van der Waals surface area contributed by atoms with Crippen LogP contribution in [0.1, 0.15) is 0 Å². The molecule has 2 rings (SSSR count). The summed E-state index contributed by atoms with van der Waals surface area (Å²) in [6, 6.07) is 5.55. The normalized spacial score (nSPS) is 20.8. The zero-order chi connectivity index (χ0) is 11.4. The standard InChI is InChI=1S/C11H14Cl2N2O/c12-9-2-1-3-10(11(9)13)15-7-8-6-14-4-5-16-8/h1-3,8,14-15H,4-7H2. The molecule has 3 nitrogen and oxygen atoms in total. The average Bonchev–Trinajstić information content (AvgIpc) is 2.32. The van der Waals surface area contributed by atoms with Crippen LogP contribution < -0.4 is 10.6 Å². The minimum atomic E-state index is 0.184. The number of halogens is 2. The summed E-state index contributed by atoms with van der Waals surface area (Å²) in [7, 11) is 0. The Bertz CT molecular complexity index is 354. The molecular formula is C11H14Cl2N2O. The van der Waals surface area contributed by atoms with Gasteiger partial charge in [-0.05, 0) is 12.1 Å². The molecule has 88 valence electrons. The summed E-state index contributed by atoms with van der Waals surface area (Å²) in [6.07, 6.45) is 0.184. The van der Waals surface area contributed by atoms with Gasteiger partial charge in [-0.3, -0.25) is 0 Å². The first-order valence-electron chi connectivity index (χ1n) is 5.27. The Morgan fingerprint density at radius 3 is 3.06 bits per heavy atom. The summed E-state index contributed by atoms with van der Waals surface area (Å²) in [5.74, 6) is 0. The van der Waals surface area contributed by atoms with Crippen molar-refractivity contribution >= 4 is 28.9 Å². The minimum absolute atomic E-state index is 0.184. The highest BCUT2D eigenvalue weighted by Gasteiger charge is 2.13. The fourth-order valence-corrected chi connectivity index (χ4v) is 1.98. The summed E-state index contributed by atoms with van der Waals surface area (Å²) in [4.78, 5) is 0. The number of ether oxygens (including phenoxy) is 1. The van der Waals surface area contributed by atoms with Gasteiger partial charge in [-0.25, -0.2) is 0 Å². The zero-order valence-corrected chi connectivity index (χ0v) is 10.3. The highest BCUT2D eigenvalue weighted by molar-refractivity contribution is 6.43. The Morgan fingerprint density at radius 1 is 1.44 bits per heavy atom. The van der Waals surface area contributed by atoms with E-state index in [2.05, 4.69) is 10.6 Å². The van der Waals surface area contributed by atoms with Crippen molar-refractivity contribution in [3.8, 4) is 0 Å². The maximum Gasteiger partial charge on any atom is 0.0872 e. The third-order valence-corrected chi connectivity index (χ3v) is 3.30. The lowest BCUT2D eigenvalue weighted by Crippen LogP contribution is -2.42. The summed E-state index contributed by atoms with van der Waals surface area (Å²) in [6.45, 7) is 3.28. The molecule has 1 saturated heterocycles. The second kappa shape index (κ2) is 5.73. The van der Waals surface area contributed by atoms with Crippen LogP contribution in [0.25, 0.3) is 0 Å². The lowest BCUT2D eigenvalue weighted by Gasteiger charge is -2.24. The molecule has 0 aromatic heterocycles. The van der Waals surface area contributed by atoms with Gasteiger partial charge in [-0.2, -0.15) is 0 Å². The maximum absolute atomic E-state index is 6.06. The van der Waals surface area contributed by atoms with E-state index < -0.39 is 0 Å². The van der Waals surface area contributed by atoms with Crippen molar-refractivity contribution in [2.75, 3.05) is 31.6 Å². The van der Waals surface area contributed by atoms with Gasteiger partial charge in [-0.1, -0.05) is 29.3 Å². The van der Waals surface area contributed by atoms with Crippen LogP contribution in [-0.4, -0.2) is 32.3 Å². The van der Waals surface area contributed by atoms with Gasteiger partial charge in [0.1, 0.15) is 0 Å². The molecule has 5 heteroatoms. The molecule has 1 aliphatic rings. The van der Waals surface area contributed by atoms with Crippen LogP contribution in [0.15, 0.2) is 18.2 Å². The van der Waals surface area contributed by atoms with E-state index in [0.717, 1.165) is 31.9 Å². The van der Waals surface area contributed by atoms with E-state index in [9.17, 15) is 0 Å². The third-order valence-electron chi connectivity index (χ3n) is 2.48. The Morgan fingerprint density at radius 2 is 2.31 bits per heavy atom. The van der Waals surface area contributed by atoms with Crippen LogP contribution in [0.3, 0.4) is 0 Å². The van der Waals surface area contributed by atoms with Crippen molar-refractivity contribution in [1.82, 2.24) is 5.32 Å². The molecule has 1 atom stereocenters. The van der Waals surface area contributed by atoms with Gasteiger partial charge in [0.15, 0.2) is 0 Å². The summed E-state index contributed by atoms with van der Waals surface area (Å²) < 4.78 is 5.57. The average molecular weight is 261 g/mol. The Balaban J connectivity index is 1.91. The van der Waals surface area contributed by atoms with Gasteiger partial charge >= 0.3 is 0 Å². The van der Waals surface area contributed by atoms with Crippen molar-refractivity contribution < 1.29 is 4.74 Å². The highest BCUT2D eigenvalue weighted by atomic mass is 35.5. The van der Waals surface area contributed by atoms with Gasteiger partial charge in [0.2, 0.25) is 0 Å². The number of rotatable bonds is 3. The zero-order valence-electron chi connectivity index (χ0n) is 8.80. The second-order valence-electron chi connectivity index (χ2n) is 3.68. The van der Waals surface area contributed by atoms with Crippen LogP contribution in [0.2, 0.25) is 10.0 Å². The fraction of sp³-hybridized carbons (Fsp3) is 0.455. The molecule has 0 bridgehead atoms. The van der Waals surface area contributed by atoms with E-state index in [1.54, 1.807) is 6.07 Å². The first-order valence-corrected chi connectivity index (χ1v) is 6.03. The second-order valence-corrected chi connectivity index (χ2v) is 4.46. The van der Waals surface area contributed by atoms with Crippen LogP contribution in [-0.2, 0) is 4.74 Å². The van der Waals surface area contributed by atoms with E-state index in [4.69, 9.17) is 27.9 Å². The first-order chi connectivity index (χ1) is 7.77. The molecule has 1 aliphatic heterocycles. The molecule has 0 amide bonds. The van der Waals surface area contributed by atoms with Crippen LogP contribution in [0.4, 0.5) is 5.69 Å². The van der Waals surface area contributed by atoms with Gasteiger partial charge in [0, 0.05) is 19.6 Å². The third kappa shape index (κ3) is 3.01. The molecule has 0 saturated carbocycles. The molecule has 1 fully saturated rings.